The van der Waals surface area contributed by atoms with Gasteiger partial charge in [-0.05, 0) is 48.9 Å². The molecule has 0 saturated carbocycles. The summed E-state index contributed by atoms with van der Waals surface area (Å²) in [5.74, 6) is -0.697. The molecule has 0 radical (unpaired) electrons. The molecule has 1 rings (SSSR count). The third kappa shape index (κ3) is 7.70. The van der Waals surface area contributed by atoms with Crippen LogP contribution in [0.25, 0.3) is 0 Å². The Labute approximate surface area is 166 Å². The Morgan fingerprint density at radius 1 is 0.964 bits per heavy atom. The molecule has 0 N–H and O–H groups in total. The van der Waals surface area contributed by atoms with Gasteiger partial charge in [0.1, 0.15) is 12.4 Å². The molecule has 0 heterocycles. The van der Waals surface area contributed by atoms with Gasteiger partial charge in [-0.1, -0.05) is 62.3 Å². The van der Waals surface area contributed by atoms with Gasteiger partial charge in [-0.2, -0.15) is 0 Å². The summed E-state index contributed by atoms with van der Waals surface area (Å²) in [6.07, 6.45) is 14.9. The molecular weight excluding hydrogens is 352 g/mol. The Hall–Kier alpha value is -3.66. The average molecular weight is 376 g/mol. The van der Waals surface area contributed by atoms with Crippen molar-refractivity contribution in [3.05, 3.63) is 115 Å². The molecule has 0 aliphatic heterocycles. The third-order valence-electron chi connectivity index (χ3n) is 3.43. The van der Waals surface area contributed by atoms with Crippen LogP contribution in [0.1, 0.15) is 17.3 Å². The van der Waals surface area contributed by atoms with E-state index in [9.17, 15) is 9.59 Å². The number of ether oxygens (including phenoxy) is 2. The van der Waals surface area contributed by atoms with Crippen LogP contribution < -0.4 is 4.74 Å². The van der Waals surface area contributed by atoms with Gasteiger partial charge in [-0.15, -0.1) is 0 Å². The quantitative estimate of drug-likeness (QED) is 0.241. The zero-order valence-electron chi connectivity index (χ0n) is 16.0. The van der Waals surface area contributed by atoms with Gasteiger partial charge in [0, 0.05) is 0 Å². The number of carbonyl (C=O) groups excluding carboxylic acids is 2. The van der Waals surface area contributed by atoms with Crippen molar-refractivity contribution in [1.29, 1.82) is 0 Å². The van der Waals surface area contributed by atoms with Gasteiger partial charge in [0.15, 0.2) is 0 Å². The normalized spacial score (nSPS) is 12.0. The van der Waals surface area contributed by atoms with Crippen LogP contribution in [-0.2, 0) is 9.53 Å². The van der Waals surface area contributed by atoms with E-state index in [0.717, 1.165) is 5.57 Å². The van der Waals surface area contributed by atoms with E-state index in [1.165, 1.54) is 36.4 Å². The van der Waals surface area contributed by atoms with Crippen LogP contribution in [0, 0.1) is 0 Å². The lowest BCUT2D eigenvalue weighted by Crippen LogP contribution is -2.10. The van der Waals surface area contributed by atoms with Crippen molar-refractivity contribution in [3.8, 4) is 5.75 Å². The van der Waals surface area contributed by atoms with Crippen molar-refractivity contribution in [3.63, 3.8) is 0 Å². The number of esters is 2. The molecule has 0 fully saturated rings. The molecule has 28 heavy (non-hydrogen) atoms. The molecule has 0 saturated heterocycles. The molecule has 0 aliphatic rings. The van der Waals surface area contributed by atoms with Gasteiger partial charge in [-0.25, -0.2) is 9.59 Å². The largest absolute Gasteiger partial charge is 0.457 e. The standard InChI is InChI=1S/C24H24O4/c1-5-9-12-19(8-4)18-27-23(25)21-14-16-22(17-15-21)28-24(26)20(11-7-3)13-10-6-2/h5-17H,1-3,18H2,4H3/b12-9-,13-10-,19-8+,20-11+. The van der Waals surface area contributed by atoms with Crippen LogP contribution in [0.5, 0.6) is 5.75 Å². The number of hydrogen-bond donors (Lipinski definition) is 0. The minimum Gasteiger partial charge on any atom is -0.457 e. The lowest BCUT2D eigenvalue weighted by atomic mass is 10.2. The molecule has 0 aromatic heterocycles. The highest BCUT2D eigenvalue weighted by atomic mass is 16.5. The van der Waals surface area contributed by atoms with E-state index < -0.39 is 11.9 Å². The van der Waals surface area contributed by atoms with Gasteiger partial charge in [0.2, 0.25) is 0 Å². The summed E-state index contributed by atoms with van der Waals surface area (Å²) in [7, 11) is 0. The summed E-state index contributed by atoms with van der Waals surface area (Å²) in [6, 6.07) is 6.14. The first-order valence-electron chi connectivity index (χ1n) is 8.61. The molecule has 0 spiro atoms. The van der Waals surface area contributed by atoms with Crippen LogP contribution in [0.15, 0.2) is 110 Å². The van der Waals surface area contributed by atoms with E-state index in [-0.39, 0.29) is 6.61 Å². The second kappa shape index (κ2) is 12.7. The summed E-state index contributed by atoms with van der Waals surface area (Å²) in [6.45, 7) is 12.7. The first-order chi connectivity index (χ1) is 13.5. The first-order valence-corrected chi connectivity index (χ1v) is 8.61. The fraction of sp³-hybridized carbons (Fsp3) is 0.0833. The van der Waals surface area contributed by atoms with E-state index in [4.69, 9.17) is 9.47 Å². The summed E-state index contributed by atoms with van der Waals surface area (Å²) >= 11 is 0. The van der Waals surface area contributed by atoms with Crippen LogP contribution in [0.3, 0.4) is 0 Å². The van der Waals surface area contributed by atoms with Gasteiger partial charge >= 0.3 is 11.9 Å². The maximum Gasteiger partial charge on any atom is 0.343 e. The second-order valence-corrected chi connectivity index (χ2v) is 5.40. The summed E-state index contributed by atoms with van der Waals surface area (Å²) in [4.78, 5) is 24.3. The Morgan fingerprint density at radius 3 is 2.18 bits per heavy atom. The number of hydrogen-bond acceptors (Lipinski definition) is 4. The molecule has 4 heteroatoms. The van der Waals surface area contributed by atoms with Gasteiger partial charge < -0.3 is 9.47 Å². The molecular formula is C24H24O4. The molecule has 0 amide bonds. The monoisotopic (exact) mass is 376 g/mol. The summed E-state index contributed by atoms with van der Waals surface area (Å²) in [5.41, 5.74) is 1.54. The Morgan fingerprint density at radius 2 is 1.61 bits per heavy atom. The maximum absolute atomic E-state index is 12.2. The van der Waals surface area contributed by atoms with Crippen molar-refractivity contribution in [2.24, 2.45) is 0 Å². The number of carbonyl (C=O) groups is 2. The van der Waals surface area contributed by atoms with Crippen LogP contribution in [0.2, 0.25) is 0 Å². The highest BCUT2D eigenvalue weighted by Gasteiger charge is 2.11. The highest BCUT2D eigenvalue weighted by Crippen LogP contribution is 2.15. The highest BCUT2D eigenvalue weighted by molar-refractivity contribution is 5.94. The molecule has 1 aromatic rings. The number of allylic oxidation sites excluding steroid dienone is 7. The fourth-order valence-corrected chi connectivity index (χ4v) is 1.97. The Bertz CT molecular complexity index is 834. The molecule has 1 aromatic carbocycles. The lowest BCUT2D eigenvalue weighted by molar-refractivity contribution is -0.129. The van der Waals surface area contributed by atoms with Gasteiger partial charge in [0.25, 0.3) is 0 Å². The third-order valence-corrected chi connectivity index (χ3v) is 3.43. The van der Waals surface area contributed by atoms with Crippen LogP contribution in [-0.4, -0.2) is 18.5 Å². The zero-order valence-corrected chi connectivity index (χ0v) is 16.0. The van der Waals surface area contributed by atoms with Crippen LogP contribution in [0.4, 0.5) is 0 Å². The Kier molecular flexibility index (Phi) is 10.1. The topological polar surface area (TPSA) is 52.6 Å². The molecule has 0 aliphatic carbocycles. The number of rotatable bonds is 10. The van der Waals surface area contributed by atoms with Crippen molar-refractivity contribution >= 4 is 11.9 Å². The lowest BCUT2D eigenvalue weighted by Gasteiger charge is -2.07. The van der Waals surface area contributed by atoms with E-state index in [1.807, 2.05) is 19.1 Å². The molecule has 0 atom stereocenters. The zero-order chi connectivity index (χ0) is 20.8. The van der Waals surface area contributed by atoms with Crippen molar-refractivity contribution in [2.45, 2.75) is 6.92 Å². The number of benzene rings is 1. The van der Waals surface area contributed by atoms with Crippen molar-refractivity contribution in [1.82, 2.24) is 0 Å². The smallest absolute Gasteiger partial charge is 0.343 e. The molecule has 0 unspecified atom stereocenters. The average Bonchev–Trinajstić information content (AvgIpc) is 2.71. The van der Waals surface area contributed by atoms with Crippen molar-refractivity contribution < 1.29 is 19.1 Å². The van der Waals surface area contributed by atoms with E-state index >= 15 is 0 Å². The first kappa shape index (κ1) is 22.4. The molecule has 144 valence electrons. The minimum atomic E-state index is -0.542. The van der Waals surface area contributed by atoms with E-state index in [1.54, 1.807) is 30.4 Å². The second-order valence-electron chi connectivity index (χ2n) is 5.40. The fourth-order valence-electron chi connectivity index (χ4n) is 1.97. The Balaban J connectivity index is 2.74. The summed E-state index contributed by atoms with van der Waals surface area (Å²) in [5, 5.41) is 0. The minimum absolute atomic E-state index is 0.155. The van der Waals surface area contributed by atoms with Gasteiger partial charge in [-0.3, -0.25) is 0 Å². The van der Waals surface area contributed by atoms with E-state index in [2.05, 4.69) is 19.7 Å². The maximum atomic E-state index is 12.2. The van der Waals surface area contributed by atoms with Crippen LogP contribution >= 0.6 is 0 Å². The molecule has 4 nitrogen and oxygen atoms in total. The SMILES string of the molecule is C=C/C=C\C(=C/C)COC(=O)c1ccc(OC(=O)C(/C=C\C=C)=C/C=C)cc1. The van der Waals surface area contributed by atoms with E-state index in [0.29, 0.717) is 16.9 Å². The molecule has 0 bridgehead atoms. The summed E-state index contributed by atoms with van der Waals surface area (Å²) < 4.78 is 10.6. The predicted molar refractivity (Wildman–Crippen MR) is 113 cm³/mol. The van der Waals surface area contributed by atoms with Gasteiger partial charge in [0.05, 0.1) is 11.1 Å². The predicted octanol–water partition coefficient (Wildman–Crippen LogP) is 5.29. The van der Waals surface area contributed by atoms with Crippen molar-refractivity contribution in [2.75, 3.05) is 6.61 Å².